The van der Waals surface area contributed by atoms with Crippen molar-refractivity contribution in [3.05, 3.63) is 71.0 Å². The van der Waals surface area contributed by atoms with E-state index in [2.05, 4.69) is 31.4 Å². The van der Waals surface area contributed by atoms with Crippen LogP contribution in [0.2, 0.25) is 0 Å². The van der Waals surface area contributed by atoms with Crippen molar-refractivity contribution in [2.45, 2.75) is 32.7 Å². The molecule has 1 unspecified atom stereocenters. The summed E-state index contributed by atoms with van der Waals surface area (Å²) in [5, 5.41) is 0. The highest BCUT2D eigenvalue weighted by atomic mass is 19.1. The molecule has 0 fully saturated rings. The Labute approximate surface area is 126 Å². The summed E-state index contributed by atoms with van der Waals surface area (Å²) < 4.78 is 13.8. The van der Waals surface area contributed by atoms with Crippen molar-refractivity contribution < 1.29 is 4.39 Å². The minimum absolute atomic E-state index is 0.0889. The summed E-state index contributed by atoms with van der Waals surface area (Å²) in [6.07, 6.45) is 1.57. The molecule has 0 aliphatic carbocycles. The summed E-state index contributed by atoms with van der Waals surface area (Å²) in [5.74, 6) is 6.10. The third-order valence-electron chi connectivity index (χ3n) is 3.58. The van der Waals surface area contributed by atoms with E-state index in [-0.39, 0.29) is 11.9 Å². The summed E-state index contributed by atoms with van der Waals surface area (Å²) in [6, 6.07) is 15.1. The summed E-state index contributed by atoms with van der Waals surface area (Å²) in [7, 11) is 0. The predicted molar refractivity (Wildman–Crippen MR) is 85.2 cm³/mol. The molecular formula is C18H23FN2. The van der Waals surface area contributed by atoms with Crippen LogP contribution < -0.4 is 11.3 Å². The number of hydrogen-bond donors (Lipinski definition) is 2. The number of benzene rings is 2. The molecule has 2 aromatic carbocycles. The fraction of sp³-hybridized carbons (Fsp3) is 0.333. The molecule has 0 spiro atoms. The zero-order valence-corrected chi connectivity index (χ0v) is 12.6. The molecule has 0 aromatic heterocycles. The Morgan fingerprint density at radius 2 is 1.81 bits per heavy atom. The van der Waals surface area contributed by atoms with E-state index in [4.69, 9.17) is 5.84 Å². The second-order valence-corrected chi connectivity index (χ2v) is 5.86. The first kappa shape index (κ1) is 15.7. The first-order valence-electron chi connectivity index (χ1n) is 7.38. The molecule has 0 saturated carbocycles. The fourth-order valence-electron chi connectivity index (χ4n) is 2.57. The highest BCUT2D eigenvalue weighted by Crippen LogP contribution is 2.21. The second-order valence-electron chi connectivity index (χ2n) is 5.86. The van der Waals surface area contributed by atoms with Crippen molar-refractivity contribution >= 4 is 0 Å². The maximum absolute atomic E-state index is 13.8. The van der Waals surface area contributed by atoms with E-state index >= 15 is 0 Å². The number of halogens is 1. The number of nitrogens with two attached hydrogens (primary N) is 1. The summed E-state index contributed by atoms with van der Waals surface area (Å²) >= 11 is 0. The molecule has 0 heterocycles. The zero-order valence-electron chi connectivity index (χ0n) is 12.6. The lowest BCUT2D eigenvalue weighted by atomic mass is 9.95. The van der Waals surface area contributed by atoms with Gasteiger partial charge in [-0.05, 0) is 41.5 Å². The number of nitrogens with one attached hydrogen (secondary N) is 1. The average Bonchev–Trinajstić information content (AvgIpc) is 2.46. The van der Waals surface area contributed by atoms with E-state index in [0.717, 1.165) is 12.0 Å². The lowest BCUT2D eigenvalue weighted by Crippen LogP contribution is -2.29. The van der Waals surface area contributed by atoms with E-state index in [0.29, 0.717) is 17.9 Å². The number of hydrazine groups is 1. The van der Waals surface area contributed by atoms with Crippen molar-refractivity contribution in [1.29, 1.82) is 0 Å². The van der Waals surface area contributed by atoms with Crippen molar-refractivity contribution in [2.24, 2.45) is 11.8 Å². The zero-order chi connectivity index (χ0) is 15.2. The minimum Gasteiger partial charge on any atom is -0.271 e. The first-order chi connectivity index (χ1) is 10.1. The van der Waals surface area contributed by atoms with Crippen LogP contribution in [0.5, 0.6) is 0 Å². The summed E-state index contributed by atoms with van der Waals surface area (Å²) in [4.78, 5) is 0. The van der Waals surface area contributed by atoms with Gasteiger partial charge in [0, 0.05) is 0 Å². The van der Waals surface area contributed by atoms with Crippen LogP contribution in [-0.2, 0) is 12.8 Å². The second kappa shape index (κ2) is 7.34. The van der Waals surface area contributed by atoms with Gasteiger partial charge in [-0.1, -0.05) is 56.3 Å². The van der Waals surface area contributed by atoms with Gasteiger partial charge in [-0.15, -0.1) is 0 Å². The van der Waals surface area contributed by atoms with E-state index in [1.165, 1.54) is 11.6 Å². The maximum Gasteiger partial charge on any atom is 0.126 e. The van der Waals surface area contributed by atoms with Gasteiger partial charge in [0.2, 0.25) is 0 Å². The lowest BCUT2D eigenvalue weighted by molar-refractivity contribution is 0.528. The molecule has 0 radical (unpaired) electrons. The molecule has 2 rings (SSSR count). The van der Waals surface area contributed by atoms with Crippen LogP contribution >= 0.6 is 0 Å². The molecule has 0 amide bonds. The predicted octanol–water partition coefficient (Wildman–Crippen LogP) is 3.77. The van der Waals surface area contributed by atoms with Gasteiger partial charge in [0.1, 0.15) is 5.82 Å². The van der Waals surface area contributed by atoms with Crippen LogP contribution in [0.4, 0.5) is 4.39 Å². The van der Waals surface area contributed by atoms with Gasteiger partial charge in [-0.3, -0.25) is 11.3 Å². The topological polar surface area (TPSA) is 38.0 Å². The van der Waals surface area contributed by atoms with Crippen LogP contribution in [-0.4, -0.2) is 0 Å². The number of hydrogen-bond acceptors (Lipinski definition) is 2. The fourth-order valence-corrected chi connectivity index (χ4v) is 2.57. The van der Waals surface area contributed by atoms with Crippen LogP contribution in [0, 0.1) is 11.7 Å². The average molecular weight is 286 g/mol. The van der Waals surface area contributed by atoms with Gasteiger partial charge in [0.25, 0.3) is 0 Å². The molecule has 3 heteroatoms. The molecule has 2 nitrogen and oxygen atoms in total. The van der Waals surface area contributed by atoms with Crippen molar-refractivity contribution in [3.63, 3.8) is 0 Å². The maximum atomic E-state index is 13.8. The number of rotatable bonds is 6. The molecule has 0 aliphatic rings. The molecule has 3 N–H and O–H groups in total. The third-order valence-corrected chi connectivity index (χ3v) is 3.58. The molecule has 1 atom stereocenters. The van der Waals surface area contributed by atoms with E-state index in [9.17, 15) is 4.39 Å². The molecule has 0 saturated heterocycles. The van der Waals surface area contributed by atoms with E-state index < -0.39 is 0 Å². The van der Waals surface area contributed by atoms with E-state index in [1.54, 1.807) is 12.1 Å². The van der Waals surface area contributed by atoms with Crippen LogP contribution in [0.25, 0.3) is 0 Å². The van der Waals surface area contributed by atoms with Crippen molar-refractivity contribution in [1.82, 2.24) is 5.43 Å². The van der Waals surface area contributed by atoms with Crippen molar-refractivity contribution in [3.8, 4) is 0 Å². The van der Waals surface area contributed by atoms with Crippen LogP contribution in [0.3, 0.4) is 0 Å². The highest BCUT2D eigenvalue weighted by molar-refractivity contribution is 5.29. The Morgan fingerprint density at radius 1 is 1.05 bits per heavy atom. The SMILES string of the molecule is CC(C)Cc1cccc(C(Cc2ccccc2F)NN)c1. The Balaban J connectivity index is 2.19. The molecule has 0 aliphatic heterocycles. The van der Waals surface area contributed by atoms with Gasteiger partial charge in [-0.2, -0.15) is 0 Å². The quantitative estimate of drug-likeness (QED) is 0.626. The Kier molecular flexibility index (Phi) is 5.48. The molecule has 21 heavy (non-hydrogen) atoms. The van der Waals surface area contributed by atoms with Crippen LogP contribution in [0.1, 0.15) is 36.6 Å². The Bertz CT molecular complexity index is 581. The van der Waals surface area contributed by atoms with Gasteiger partial charge in [0.15, 0.2) is 0 Å². The Morgan fingerprint density at radius 3 is 2.48 bits per heavy atom. The van der Waals surface area contributed by atoms with Crippen molar-refractivity contribution in [2.75, 3.05) is 0 Å². The standard InChI is InChI=1S/C18H23FN2/c1-13(2)10-14-6-5-8-16(11-14)18(21-20)12-15-7-3-4-9-17(15)19/h3-9,11,13,18,21H,10,12,20H2,1-2H3. The van der Waals surface area contributed by atoms with Gasteiger partial charge < -0.3 is 0 Å². The van der Waals surface area contributed by atoms with E-state index in [1.807, 2.05) is 18.2 Å². The smallest absolute Gasteiger partial charge is 0.126 e. The Hall–Kier alpha value is -1.71. The molecular weight excluding hydrogens is 263 g/mol. The molecule has 0 bridgehead atoms. The van der Waals surface area contributed by atoms with Crippen LogP contribution in [0.15, 0.2) is 48.5 Å². The first-order valence-corrected chi connectivity index (χ1v) is 7.38. The highest BCUT2D eigenvalue weighted by Gasteiger charge is 2.13. The van der Waals surface area contributed by atoms with Gasteiger partial charge >= 0.3 is 0 Å². The summed E-state index contributed by atoms with van der Waals surface area (Å²) in [6.45, 7) is 4.40. The largest absolute Gasteiger partial charge is 0.271 e. The normalized spacial score (nSPS) is 12.6. The lowest BCUT2D eigenvalue weighted by Gasteiger charge is -2.18. The van der Waals surface area contributed by atoms with Gasteiger partial charge in [0.05, 0.1) is 6.04 Å². The molecule has 2 aromatic rings. The third kappa shape index (κ3) is 4.38. The minimum atomic E-state index is -0.184. The molecule has 112 valence electrons. The monoisotopic (exact) mass is 286 g/mol. The summed E-state index contributed by atoms with van der Waals surface area (Å²) in [5.41, 5.74) is 5.87. The van der Waals surface area contributed by atoms with Gasteiger partial charge in [-0.25, -0.2) is 4.39 Å².